The number of carbonyl (C=O) groups excluding carboxylic acids is 1. The van der Waals surface area contributed by atoms with Crippen LogP contribution in [-0.4, -0.2) is 52.1 Å². The van der Waals surface area contributed by atoms with Crippen LogP contribution in [-0.2, 0) is 14.8 Å². The summed E-state index contributed by atoms with van der Waals surface area (Å²) in [6.07, 6.45) is 2.07. The van der Waals surface area contributed by atoms with Crippen molar-refractivity contribution in [2.24, 2.45) is 0 Å². The number of benzene rings is 2. The Hall–Kier alpha value is -2.95. The van der Waals surface area contributed by atoms with Crippen molar-refractivity contribution in [2.75, 3.05) is 24.2 Å². The number of aryl methyl sites for hydroxylation is 3. The largest absolute Gasteiger partial charge is 0.326 e. The fourth-order valence-corrected chi connectivity index (χ4v) is 7.15. The number of thioether (sulfide) groups is 1. The summed E-state index contributed by atoms with van der Waals surface area (Å²) in [6, 6.07) is 12.8. The first-order valence-corrected chi connectivity index (χ1v) is 14.5. The quantitative estimate of drug-likeness (QED) is 0.352. The molecule has 1 aliphatic rings. The van der Waals surface area contributed by atoms with Gasteiger partial charge in [0.15, 0.2) is 10.8 Å². The normalized spacial score (nSPS) is 14.6. The molecular formula is C26H29N5O3S2. The van der Waals surface area contributed by atoms with Crippen LogP contribution < -0.4 is 5.32 Å². The molecule has 1 N–H and O–H groups in total. The van der Waals surface area contributed by atoms with E-state index in [0.29, 0.717) is 24.5 Å². The molecule has 0 aliphatic carbocycles. The molecule has 0 atom stereocenters. The summed E-state index contributed by atoms with van der Waals surface area (Å²) in [4.78, 5) is 12.8. The molecule has 4 aromatic rings. The van der Waals surface area contributed by atoms with Crippen molar-refractivity contribution in [3.8, 4) is 0 Å². The van der Waals surface area contributed by atoms with Gasteiger partial charge in [-0.15, -0.1) is 10.2 Å². The van der Waals surface area contributed by atoms with Crippen LogP contribution in [0.15, 0.2) is 52.5 Å². The molecule has 36 heavy (non-hydrogen) atoms. The minimum Gasteiger partial charge on any atom is -0.326 e. The van der Waals surface area contributed by atoms with Crippen LogP contribution in [0.5, 0.6) is 0 Å². The first-order chi connectivity index (χ1) is 17.2. The predicted molar refractivity (Wildman–Crippen MR) is 143 cm³/mol. The third-order valence-electron chi connectivity index (χ3n) is 6.50. The number of hydrogen-bond acceptors (Lipinski definition) is 6. The number of fused-ring (bicyclic) bond motifs is 3. The average Bonchev–Trinajstić information content (AvgIpc) is 3.51. The molecule has 1 fully saturated rings. The van der Waals surface area contributed by atoms with Crippen molar-refractivity contribution in [1.82, 2.24) is 18.9 Å². The molecule has 1 aliphatic heterocycles. The van der Waals surface area contributed by atoms with E-state index in [1.807, 2.05) is 6.07 Å². The predicted octanol–water partition coefficient (Wildman–Crippen LogP) is 4.71. The van der Waals surface area contributed by atoms with E-state index in [1.54, 1.807) is 24.3 Å². The van der Waals surface area contributed by atoms with Gasteiger partial charge >= 0.3 is 0 Å². The van der Waals surface area contributed by atoms with Gasteiger partial charge in [-0.3, -0.25) is 9.20 Å². The Bertz CT molecular complexity index is 1560. The van der Waals surface area contributed by atoms with Gasteiger partial charge in [-0.2, -0.15) is 4.31 Å². The molecular weight excluding hydrogens is 494 g/mol. The highest BCUT2D eigenvalue weighted by atomic mass is 32.2. The molecule has 0 saturated carbocycles. The summed E-state index contributed by atoms with van der Waals surface area (Å²) < 4.78 is 28.9. The number of sulfonamides is 1. The highest BCUT2D eigenvalue weighted by Crippen LogP contribution is 2.29. The summed E-state index contributed by atoms with van der Waals surface area (Å²) in [6.45, 7) is 7.40. The fourth-order valence-electron chi connectivity index (χ4n) is 4.75. The number of nitrogens with zero attached hydrogens (tertiary/aromatic N) is 4. The van der Waals surface area contributed by atoms with E-state index in [9.17, 15) is 13.2 Å². The van der Waals surface area contributed by atoms with E-state index in [2.05, 4.69) is 52.8 Å². The van der Waals surface area contributed by atoms with Crippen molar-refractivity contribution in [1.29, 1.82) is 0 Å². The molecule has 3 heterocycles. The third-order valence-corrected chi connectivity index (χ3v) is 9.34. The number of pyridine rings is 1. The number of anilines is 1. The molecule has 8 nitrogen and oxygen atoms in total. The highest BCUT2D eigenvalue weighted by molar-refractivity contribution is 7.99. The maximum atomic E-state index is 12.7. The van der Waals surface area contributed by atoms with Gasteiger partial charge in [0.2, 0.25) is 15.9 Å². The molecule has 2 aromatic heterocycles. The standard InChI is InChI=1S/C26H29N5O3S2/c1-17-14-19(3)25-22(15-17)18(2)16-23-28-29-26(31(23)25)35-13-10-24(32)27-20-6-8-21(9-7-20)36(33,34)30-11-4-5-12-30/h6-9,14-16H,4-5,10-13H2,1-3H3,(H,27,32). The van der Waals surface area contributed by atoms with Crippen molar-refractivity contribution < 1.29 is 13.2 Å². The fraction of sp³-hybridized carbons (Fsp3) is 0.346. The zero-order valence-electron chi connectivity index (χ0n) is 20.6. The molecule has 10 heteroatoms. The molecule has 188 valence electrons. The Morgan fingerprint density at radius 1 is 1.00 bits per heavy atom. The summed E-state index contributed by atoms with van der Waals surface area (Å²) in [5.41, 5.74) is 5.99. The first kappa shape index (κ1) is 24.7. The van der Waals surface area contributed by atoms with Crippen LogP contribution in [0.2, 0.25) is 0 Å². The maximum Gasteiger partial charge on any atom is 0.243 e. The van der Waals surface area contributed by atoms with Crippen molar-refractivity contribution in [3.05, 3.63) is 59.2 Å². The molecule has 0 bridgehead atoms. The zero-order chi connectivity index (χ0) is 25.4. The lowest BCUT2D eigenvalue weighted by atomic mass is 10.0. The van der Waals surface area contributed by atoms with Gasteiger partial charge in [0.25, 0.3) is 0 Å². The average molecular weight is 524 g/mol. The van der Waals surface area contributed by atoms with Crippen molar-refractivity contribution in [3.63, 3.8) is 0 Å². The molecule has 2 aromatic carbocycles. The van der Waals surface area contributed by atoms with E-state index >= 15 is 0 Å². The summed E-state index contributed by atoms with van der Waals surface area (Å²) >= 11 is 1.49. The van der Waals surface area contributed by atoms with E-state index in [1.165, 1.54) is 27.0 Å². The second kappa shape index (κ2) is 9.84. The molecule has 0 radical (unpaired) electrons. The van der Waals surface area contributed by atoms with Crippen LogP contribution in [0.4, 0.5) is 5.69 Å². The highest BCUT2D eigenvalue weighted by Gasteiger charge is 2.27. The Morgan fingerprint density at radius 3 is 2.44 bits per heavy atom. The van der Waals surface area contributed by atoms with Gasteiger partial charge in [0.1, 0.15) is 0 Å². The smallest absolute Gasteiger partial charge is 0.243 e. The van der Waals surface area contributed by atoms with Crippen molar-refractivity contribution in [2.45, 2.75) is 50.1 Å². The number of rotatable bonds is 7. The molecule has 0 unspecified atom stereocenters. The lowest BCUT2D eigenvalue weighted by Gasteiger charge is -2.15. The summed E-state index contributed by atoms with van der Waals surface area (Å²) in [5.74, 6) is 0.396. The van der Waals surface area contributed by atoms with E-state index in [-0.39, 0.29) is 17.2 Å². The Morgan fingerprint density at radius 2 is 1.72 bits per heavy atom. The molecule has 1 amide bonds. The summed E-state index contributed by atoms with van der Waals surface area (Å²) in [5, 5.41) is 13.5. The van der Waals surface area contributed by atoms with Gasteiger partial charge < -0.3 is 5.32 Å². The second-order valence-corrected chi connectivity index (χ2v) is 12.3. The minimum atomic E-state index is -3.46. The molecule has 5 rings (SSSR count). The van der Waals surface area contributed by atoms with Gasteiger partial charge in [0.05, 0.1) is 10.4 Å². The summed E-state index contributed by atoms with van der Waals surface area (Å²) in [7, 11) is -3.46. The van der Waals surface area contributed by atoms with E-state index in [0.717, 1.165) is 40.3 Å². The maximum absolute atomic E-state index is 12.7. The Balaban J connectivity index is 1.24. The Kier molecular flexibility index (Phi) is 6.76. The SMILES string of the molecule is Cc1cc(C)c2c(c1)c(C)cc1nnc(SCCC(=O)Nc3ccc(S(=O)(=O)N4CCCC4)cc3)n12. The third kappa shape index (κ3) is 4.72. The van der Waals surface area contributed by atoms with Gasteiger partial charge in [-0.1, -0.05) is 23.4 Å². The number of amides is 1. The van der Waals surface area contributed by atoms with E-state index in [4.69, 9.17) is 0 Å². The monoisotopic (exact) mass is 523 g/mol. The van der Waals surface area contributed by atoms with Gasteiger partial charge in [-0.05, 0) is 81.1 Å². The second-order valence-electron chi connectivity index (χ2n) is 9.26. The molecule has 0 spiro atoms. The van der Waals surface area contributed by atoms with Crippen LogP contribution in [0.1, 0.15) is 36.0 Å². The van der Waals surface area contributed by atoms with Crippen LogP contribution in [0.3, 0.4) is 0 Å². The van der Waals surface area contributed by atoms with Crippen LogP contribution >= 0.6 is 11.8 Å². The molecule has 1 saturated heterocycles. The minimum absolute atomic E-state index is 0.140. The van der Waals surface area contributed by atoms with Crippen LogP contribution in [0, 0.1) is 20.8 Å². The number of hydrogen-bond donors (Lipinski definition) is 1. The van der Waals surface area contributed by atoms with Crippen LogP contribution in [0.25, 0.3) is 16.6 Å². The van der Waals surface area contributed by atoms with Crippen molar-refractivity contribution >= 4 is 49.9 Å². The lowest BCUT2D eigenvalue weighted by Crippen LogP contribution is -2.27. The lowest BCUT2D eigenvalue weighted by molar-refractivity contribution is -0.115. The zero-order valence-corrected chi connectivity index (χ0v) is 22.2. The van der Waals surface area contributed by atoms with E-state index < -0.39 is 10.0 Å². The van der Waals surface area contributed by atoms with Gasteiger partial charge in [-0.25, -0.2) is 8.42 Å². The first-order valence-electron chi connectivity index (χ1n) is 12.0. The van der Waals surface area contributed by atoms with Gasteiger partial charge in [0, 0.05) is 36.3 Å². The number of nitrogens with one attached hydrogen (secondary N) is 1. The Labute approximate surface area is 215 Å². The number of carbonyl (C=O) groups is 1. The number of aromatic nitrogens is 3. The topological polar surface area (TPSA) is 96.7 Å².